The van der Waals surface area contributed by atoms with Crippen molar-refractivity contribution in [3.05, 3.63) is 11.3 Å². The smallest absolute Gasteiger partial charge is 0.354 e. The lowest BCUT2D eigenvalue weighted by Gasteiger charge is -2.17. The van der Waals surface area contributed by atoms with E-state index in [1.165, 1.54) is 7.11 Å². The zero-order valence-corrected chi connectivity index (χ0v) is 6.62. The number of rotatable bonds is 2. The molecule has 0 saturated carbocycles. The van der Waals surface area contributed by atoms with Gasteiger partial charge in [0.05, 0.1) is 13.7 Å². The Morgan fingerprint density at radius 2 is 2.50 bits per heavy atom. The summed E-state index contributed by atoms with van der Waals surface area (Å²) in [6.45, 7) is 0.378. The molecule has 0 amide bonds. The average Bonchev–Trinajstić information content (AvgIpc) is 2.16. The SMILES string of the molecule is COC(=O)C1=C(C=O)COCN1. The minimum Gasteiger partial charge on any atom is -0.464 e. The third-order valence-corrected chi connectivity index (χ3v) is 1.46. The molecule has 0 aromatic rings. The standard InChI is InChI=1S/C7H9NO4/c1-11-7(10)6-5(2-9)3-12-4-8-6/h2,8H,3-4H2,1H3. The van der Waals surface area contributed by atoms with E-state index in [9.17, 15) is 9.59 Å². The van der Waals surface area contributed by atoms with Gasteiger partial charge in [0.2, 0.25) is 0 Å². The molecule has 5 heteroatoms. The first-order chi connectivity index (χ1) is 5.79. The molecule has 1 aliphatic rings. The topological polar surface area (TPSA) is 64.6 Å². The van der Waals surface area contributed by atoms with Crippen LogP contribution < -0.4 is 5.32 Å². The van der Waals surface area contributed by atoms with Crippen molar-refractivity contribution in [3.63, 3.8) is 0 Å². The van der Waals surface area contributed by atoms with Crippen LogP contribution in [0.1, 0.15) is 0 Å². The molecule has 5 nitrogen and oxygen atoms in total. The minimum atomic E-state index is -0.541. The molecule has 0 aromatic heterocycles. The summed E-state index contributed by atoms with van der Waals surface area (Å²) >= 11 is 0. The highest BCUT2D eigenvalue weighted by Crippen LogP contribution is 2.05. The van der Waals surface area contributed by atoms with E-state index < -0.39 is 5.97 Å². The first-order valence-electron chi connectivity index (χ1n) is 3.38. The third-order valence-electron chi connectivity index (χ3n) is 1.46. The maximum atomic E-state index is 11.0. The van der Waals surface area contributed by atoms with E-state index in [0.717, 1.165) is 0 Å². The Labute approximate surface area is 69.3 Å². The number of nitrogens with one attached hydrogen (secondary N) is 1. The number of esters is 1. The van der Waals surface area contributed by atoms with Gasteiger partial charge in [-0.2, -0.15) is 0 Å². The number of hydrogen-bond acceptors (Lipinski definition) is 5. The van der Waals surface area contributed by atoms with Crippen LogP contribution in [0.3, 0.4) is 0 Å². The van der Waals surface area contributed by atoms with Gasteiger partial charge in [0, 0.05) is 5.57 Å². The van der Waals surface area contributed by atoms with Gasteiger partial charge in [0.25, 0.3) is 0 Å². The van der Waals surface area contributed by atoms with E-state index in [-0.39, 0.29) is 24.6 Å². The normalized spacial score (nSPS) is 16.8. The summed E-state index contributed by atoms with van der Waals surface area (Å²) in [7, 11) is 1.26. The second-order valence-corrected chi connectivity index (χ2v) is 2.18. The van der Waals surface area contributed by atoms with Crippen molar-refractivity contribution >= 4 is 12.3 Å². The van der Waals surface area contributed by atoms with E-state index >= 15 is 0 Å². The van der Waals surface area contributed by atoms with Crippen LogP contribution in [-0.4, -0.2) is 32.7 Å². The van der Waals surface area contributed by atoms with Gasteiger partial charge in [0.15, 0.2) is 6.29 Å². The van der Waals surface area contributed by atoms with Crippen molar-refractivity contribution < 1.29 is 19.1 Å². The molecule has 66 valence electrons. The van der Waals surface area contributed by atoms with Gasteiger partial charge in [0.1, 0.15) is 12.4 Å². The first kappa shape index (κ1) is 8.73. The molecule has 1 rings (SSSR count). The van der Waals surface area contributed by atoms with Gasteiger partial charge in [-0.3, -0.25) is 4.79 Å². The number of hydrogen-bond donors (Lipinski definition) is 1. The molecule has 1 heterocycles. The Morgan fingerprint density at radius 3 is 3.08 bits per heavy atom. The summed E-state index contributed by atoms with van der Waals surface area (Å²) in [6, 6.07) is 0. The van der Waals surface area contributed by atoms with Gasteiger partial charge in [-0.1, -0.05) is 0 Å². The van der Waals surface area contributed by atoms with Gasteiger partial charge in [-0.25, -0.2) is 4.79 Å². The fourth-order valence-corrected chi connectivity index (χ4v) is 0.868. The van der Waals surface area contributed by atoms with Crippen LogP contribution in [0.15, 0.2) is 11.3 Å². The fraction of sp³-hybridized carbons (Fsp3) is 0.429. The Hall–Kier alpha value is -1.36. The van der Waals surface area contributed by atoms with Gasteiger partial charge in [-0.05, 0) is 0 Å². The summed E-state index contributed by atoms with van der Waals surface area (Å²) in [5.41, 5.74) is 0.479. The third kappa shape index (κ3) is 1.62. The Balaban J connectivity index is 2.86. The van der Waals surface area contributed by atoms with Crippen LogP contribution in [0.4, 0.5) is 0 Å². The van der Waals surface area contributed by atoms with Crippen LogP contribution in [-0.2, 0) is 19.1 Å². The first-order valence-corrected chi connectivity index (χ1v) is 3.38. The van der Waals surface area contributed by atoms with Crippen LogP contribution in [0.2, 0.25) is 0 Å². The van der Waals surface area contributed by atoms with E-state index in [1.807, 2.05) is 0 Å². The maximum Gasteiger partial charge on any atom is 0.354 e. The molecule has 0 unspecified atom stereocenters. The van der Waals surface area contributed by atoms with Crippen molar-refractivity contribution in [2.45, 2.75) is 0 Å². The van der Waals surface area contributed by atoms with Crippen LogP contribution in [0.5, 0.6) is 0 Å². The van der Waals surface area contributed by atoms with Gasteiger partial charge >= 0.3 is 5.97 Å². The quantitative estimate of drug-likeness (QED) is 0.435. The molecule has 1 N–H and O–H groups in total. The molecule has 0 aromatic carbocycles. The van der Waals surface area contributed by atoms with Crippen molar-refractivity contribution in [1.82, 2.24) is 5.32 Å². The highest BCUT2D eigenvalue weighted by Gasteiger charge is 2.18. The lowest BCUT2D eigenvalue weighted by atomic mass is 10.2. The summed E-state index contributed by atoms with van der Waals surface area (Å²) in [5, 5.41) is 2.62. The molecular weight excluding hydrogens is 162 g/mol. The van der Waals surface area contributed by atoms with Crippen LogP contribution in [0.25, 0.3) is 0 Å². The molecule has 0 radical (unpaired) electrons. The van der Waals surface area contributed by atoms with Crippen LogP contribution >= 0.6 is 0 Å². The molecule has 0 fully saturated rings. The number of carbonyl (C=O) groups is 2. The van der Waals surface area contributed by atoms with Crippen molar-refractivity contribution in [2.24, 2.45) is 0 Å². The van der Waals surface area contributed by atoms with E-state index in [4.69, 9.17) is 4.74 Å². The zero-order valence-electron chi connectivity index (χ0n) is 6.62. The number of carbonyl (C=O) groups excluding carboxylic acids is 2. The van der Waals surface area contributed by atoms with Crippen molar-refractivity contribution in [2.75, 3.05) is 20.4 Å². The second-order valence-electron chi connectivity index (χ2n) is 2.18. The largest absolute Gasteiger partial charge is 0.464 e. The highest BCUT2D eigenvalue weighted by atomic mass is 16.5. The van der Waals surface area contributed by atoms with Crippen LogP contribution in [0, 0.1) is 0 Å². The summed E-state index contributed by atoms with van der Waals surface area (Å²) in [5.74, 6) is -0.541. The molecule has 12 heavy (non-hydrogen) atoms. The summed E-state index contributed by atoms with van der Waals surface area (Å²) < 4.78 is 9.34. The fourth-order valence-electron chi connectivity index (χ4n) is 0.868. The highest BCUT2D eigenvalue weighted by molar-refractivity contribution is 5.95. The van der Waals surface area contributed by atoms with Crippen molar-refractivity contribution in [1.29, 1.82) is 0 Å². The monoisotopic (exact) mass is 171 g/mol. The lowest BCUT2D eigenvalue weighted by molar-refractivity contribution is -0.137. The van der Waals surface area contributed by atoms with E-state index in [1.54, 1.807) is 0 Å². The van der Waals surface area contributed by atoms with Crippen molar-refractivity contribution in [3.8, 4) is 0 Å². The molecule has 0 atom stereocenters. The Kier molecular flexibility index (Phi) is 2.82. The number of aldehydes is 1. The molecule has 0 spiro atoms. The predicted octanol–water partition coefficient (Wildman–Crippen LogP) is -0.810. The zero-order chi connectivity index (χ0) is 8.97. The minimum absolute atomic E-state index is 0.154. The summed E-state index contributed by atoms with van der Waals surface area (Å²) in [6.07, 6.45) is 0.582. The average molecular weight is 171 g/mol. The number of methoxy groups -OCH3 is 1. The van der Waals surface area contributed by atoms with E-state index in [2.05, 4.69) is 10.1 Å². The summed E-state index contributed by atoms with van der Waals surface area (Å²) in [4.78, 5) is 21.4. The maximum absolute atomic E-state index is 11.0. The predicted molar refractivity (Wildman–Crippen MR) is 39.1 cm³/mol. The molecule has 0 bridgehead atoms. The second kappa shape index (κ2) is 3.87. The molecular formula is C7H9NO4. The Morgan fingerprint density at radius 1 is 1.75 bits per heavy atom. The van der Waals surface area contributed by atoms with Gasteiger partial charge < -0.3 is 14.8 Å². The lowest BCUT2D eigenvalue weighted by Crippen LogP contribution is -2.32. The Bertz CT molecular complexity index is 234. The molecule has 0 saturated heterocycles. The molecule has 0 aliphatic carbocycles. The number of ether oxygens (including phenoxy) is 2. The molecule has 1 aliphatic heterocycles. The van der Waals surface area contributed by atoms with E-state index in [0.29, 0.717) is 6.29 Å². The van der Waals surface area contributed by atoms with Gasteiger partial charge in [-0.15, -0.1) is 0 Å².